The third-order valence-electron chi connectivity index (χ3n) is 4.10. The lowest BCUT2D eigenvalue weighted by Gasteiger charge is -2.13. The molecule has 1 aromatic carbocycles. The van der Waals surface area contributed by atoms with E-state index in [4.69, 9.17) is 0 Å². The first-order valence-electron chi connectivity index (χ1n) is 8.68. The zero-order valence-corrected chi connectivity index (χ0v) is 16.1. The van der Waals surface area contributed by atoms with Crippen LogP contribution in [0.25, 0.3) is 10.3 Å². The van der Waals surface area contributed by atoms with Crippen molar-refractivity contribution in [2.45, 2.75) is 39.4 Å². The van der Waals surface area contributed by atoms with Gasteiger partial charge >= 0.3 is 0 Å². The fourth-order valence-electron chi connectivity index (χ4n) is 2.65. The summed E-state index contributed by atoms with van der Waals surface area (Å²) >= 11 is 0.962. The molecule has 1 atom stereocenters. The van der Waals surface area contributed by atoms with Crippen LogP contribution in [0.3, 0.4) is 0 Å². The summed E-state index contributed by atoms with van der Waals surface area (Å²) in [7, 11) is 0. The van der Waals surface area contributed by atoms with Gasteiger partial charge in [0.15, 0.2) is 21.3 Å². The van der Waals surface area contributed by atoms with Crippen molar-refractivity contribution in [1.82, 2.24) is 19.9 Å². The van der Waals surface area contributed by atoms with Crippen LogP contribution in [0.1, 0.15) is 31.7 Å². The van der Waals surface area contributed by atoms with Crippen molar-refractivity contribution in [3.63, 3.8) is 0 Å². The second kappa shape index (κ2) is 8.42. The van der Waals surface area contributed by atoms with Gasteiger partial charge in [-0.15, -0.1) is 0 Å². The molecule has 3 rings (SSSR count). The van der Waals surface area contributed by atoms with Gasteiger partial charge in [0, 0.05) is 13.1 Å². The number of anilines is 1. The van der Waals surface area contributed by atoms with E-state index in [0.29, 0.717) is 6.54 Å². The third kappa shape index (κ3) is 4.16. The first kappa shape index (κ1) is 19.9. The molecule has 2 heterocycles. The molecule has 2 N–H and O–H groups in total. The largest absolute Gasteiger partial charge is 0.350 e. The maximum Gasteiger partial charge on any atom is 0.295 e. The molecule has 0 bridgehead atoms. The number of aromatic nitrogens is 3. The van der Waals surface area contributed by atoms with Crippen molar-refractivity contribution in [2.75, 3.05) is 5.32 Å². The van der Waals surface area contributed by atoms with Gasteiger partial charge in [0.25, 0.3) is 12.0 Å². The average molecular weight is 407 g/mol. The minimum Gasteiger partial charge on any atom is -0.350 e. The van der Waals surface area contributed by atoms with Crippen LogP contribution in [0.2, 0.25) is 0 Å². The molecule has 3 aromatic rings. The number of nitrogens with one attached hydrogen (secondary N) is 2. The molecular weight excluding hydrogens is 388 g/mol. The van der Waals surface area contributed by atoms with Crippen LogP contribution in [-0.2, 0) is 17.9 Å². The number of alkyl halides is 2. The number of carbonyl (C=O) groups is 1. The molecule has 0 spiro atoms. The first-order valence-corrected chi connectivity index (χ1v) is 9.50. The molecule has 0 unspecified atom stereocenters. The summed E-state index contributed by atoms with van der Waals surface area (Å²) < 4.78 is 27.2. The summed E-state index contributed by atoms with van der Waals surface area (Å²) in [5, 5.41) is 5.98. The zero-order valence-electron chi connectivity index (χ0n) is 15.3. The highest BCUT2D eigenvalue weighted by Crippen LogP contribution is 2.25. The molecule has 10 heteroatoms. The van der Waals surface area contributed by atoms with E-state index in [0.717, 1.165) is 21.5 Å². The molecule has 0 aliphatic carbocycles. The number of amides is 1. The monoisotopic (exact) mass is 407 g/mol. The fourth-order valence-corrected chi connectivity index (χ4v) is 3.57. The predicted molar refractivity (Wildman–Crippen MR) is 104 cm³/mol. The highest BCUT2D eigenvalue weighted by Gasteiger charge is 2.21. The molecule has 148 valence electrons. The minimum absolute atomic E-state index is 0.00986. The van der Waals surface area contributed by atoms with E-state index in [1.807, 2.05) is 30.3 Å². The quantitative estimate of drug-likeness (QED) is 0.629. The number of hydrogen-bond acceptors (Lipinski definition) is 6. The lowest BCUT2D eigenvalue weighted by molar-refractivity contribution is -0.121. The highest BCUT2D eigenvalue weighted by atomic mass is 32.1. The van der Waals surface area contributed by atoms with E-state index >= 15 is 0 Å². The number of rotatable bonds is 7. The van der Waals surface area contributed by atoms with Gasteiger partial charge in [-0.3, -0.25) is 14.2 Å². The summed E-state index contributed by atoms with van der Waals surface area (Å²) in [6.45, 7) is 3.69. The minimum atomic E-state index is -2.86. The second-order valence-electron chi connectivity index (χ2n) is 6.06. The smallest absolute Gasteiger partial charge is 0.295 e. The molecular formula is C18H19F2N5O2S. The maximum atomic E-state index is 13.2. The SMILES string of the molecule is CCn1c(C(F)F)nc2sc(N[C@H](C)C(=O)NCc3ccccc3)nc2c1=O. The van der Waals surface area contributed by atoms with Gasteiger partial charge in [-0.05, 0) is 19.4 Å². The van der Waals surface area contributed by atoms with E-state index in [2.05, 4.69) is 20.6 Å². The standard InChI is InChI=1S/C18H19F2N5O2S/c1-3-25-14(13(19)20)24-16-12(17(25)27)23-18(28-16)22-10(2)15(26)21-9-11-7-5-4-6-8-11/h4-8,10,13H,3,9H2,1-2H3,(H,21,26)(H,22,23)/t10-/m1/s1. The van der Waals surface area contributed by atoms with Crippen LogP contribution in [-0.4, -0.2) is 26.5 Å². The molecule has 0 fully saturated rings. The van der Waals surface area contributed by atoms with E-state index in [-0.39, 0.29) is 27.9 Å². The third-order valence-corrected chi connectivity index (χ3v) is 4.98. The summed E-state index contributed by atoms with van der Waals surface area (Å²) in [5.41, 5.74) is 0.357. The van der Waals surface area contributed by atoms with Gasteiger partial charge in [-0.1, -0.05) is 41.7 Å². The molecule has 1 amide bonds. The van der Waals surface area contributed by atoms with Crippen LogP contribution in [0, 0.1) is 0 Å². The lowest BCUT2D eigenvalue weighted by atomic mass is 10.2. The van der Waals surface area contributed by atoms with E-state index in [1.165, 1.54) is 0 Å². The van der Waals surface area contributed by atoms with Crippen LogP contribution < -0.4 is 16.2 Å². The molecule has 7 nitrogen and oxygen atoms in total. The molecule has 0 aliphatic rings. The Labute approximate surface area is 163 Å². The van der Waals surface area contributed by atoms with Gasteiger partial charge in [0.1, 0.15) is 6.04 Å². The van der Waals surface area contributed by atoms with Crippen molar-refractivity contribution < 1.29 is 13.6 Å². The number of hydrogen-bond donors (Lipinski definition) is 2. The molecule has 28 heavy (non-hydrogen) atoms. The lowest BCUT2D eigenvalue weighted by Crippen LogP contribution is -2.37. The van der Waals surface area contributed by atoms with Crippen LogP contribution in [0.5, 0.6) is 0 Å². The highest BCUT2D eigenvalue weighted by molar-refractivity contribution is 7.21. The van der Waals surface area contributed by atoms with E-state index in [9.17, 15) is 18.4 Å². The Morgan fingerprint density at radius 3 is 2.61 bits per heavy atom. The first-order chi connectivity index (χ1) is 13.4. The Balaban J connectivity index is 1.75. The number of carbonyl (C=O) groups excluding carboxylic acids is 1. The van der Waals surface area contributed by atoms with Crippen molar-refractivity contribution in [3.05, 3.63) is 52.1 Å². The van der Waals surface area contributed by atoms with Crippen molar-refractivity contribution in [1.29, 1.82) is 0 Å². The molecule has 0 saturated carbocycles. The average Bonchev–Trinajstić information content (AvgIpc) is 3.09. The van der Waals surface area contributed by atoms with Gasteiger partial charge in [-0.25, -0.2) is 18.7 Å². The van der Waals surface area contributed by atoms with E-state index < -0.39 is 23.9 Å². The Kier molecular flexibility index (Phi) is 5.98. The van der Waals surface area contributed by atoms with Gasteiger partial charge in [-0.2, -0.15) is 0 Å². The number of benzene rings is 1. The summed E-state index contributed by atoms with van der Waals surface area (Å²) in [6.07, 6.45) is -2.86. The van der Waals surface area contributed by atoms with Crippen LogP contribution in [0.15, 0.2) is 35.1 Å². The predicted octanol–water partition coefficient (Wildman–Crippen LogP) is 2.93. The molecule has 0 radical (unpaired) electrons. The zero-order chi connectivity index (χ0) is 20.3. The fraction of sp³-hybridized carbons (Fsp3) is 0.333. The molecule has 0 aliphatic heterocycles. The van der Waals surface area contributed by atoms with E-state index in [1.54, 1.807) is 13.8 Å². The number of fused-ring (bicyclic) bond motifs is 1. The van der Waals surface area contributed by atoms with Gasteiger partial charge in [0.2, 0.25) is 5.91 Å². The number of halogens is 2. The van der Waals surface area contributed by atoms with Gasteiger partial charge < -0.3 is 10.6 Å². The van der Waals surface area contributed by atoms with Crippen molar-refractivity contribution in [2.24, 2.45) is 0 Å². The Bertz CT molecular complexity index is 1040. The molecule has 0 saturated heterocycles. The number of thiazole rings is 1. The van der Waals surface area contributed by atoms with Crippen molar-refractivity contribution >= 4 is 32.7 Å². The van der Waals surface area contributed by atoms with Gasteiger partial charge in [0.05, 0.1) is 0 Å². The summed E-state index contributed by atoms with van der Waals surface area (Å²) in [6, 6.07) is 8.82. The van der Waals surface area contributed by atoms with Crippen LogP contribution >= 0.6 is 11.3 Å². The number of nitrogens with zero attached hydrogens (tertiary/aromatic N) is 3. The Morgan fingerprint density at radius 1 is 1.25 bits per heavy atom. The van der Waals surface area contributed by atoms with Crippen LogP contribution in [0.4, 0.5) is 13.9 Å². The maximum absolute atomic E-state index is 13.2. The normalized spacial score (nSPS) is 12.3. The Morgan fingerprint density at radius 2 is 1.96 bits per heavy atom. The topological polar surface area (TPSA) is 88.9 Å². The van der Waals surface area contributed by atoms with Crippen molar-refractivity contribution in [3.8, 4) is 0 Å². The summed E-state index contributed by atoms with van der Waals surface area (Å²) in [5.74, 6) is -0.834. The summed E-state index contributed by atoms with van der Waals surface area (Å²) in [4.78, 5) is 32.8. The Hall–Kier alpha value is -2.88. The second-order valence-corrected chi connectivity index (χ2v) is 7.04. The molecule has 2 aromatic heterocycles.